The Bertz CT molecular complexity index is 603. The van der Waals surface area contributed by atoms with E-state index in [0.717, 1.165) is 25.8 Å². The smallest absolute Gasteiger partial charge is 0.251 e. The highest BCUT2D eigenvalue weighted by molar-refractivity contribution is 5.94. The molecular weight excluding hydrogens is 320 g/mol. The zero-order valence-corrected chi connectivity index (χ0v) is 15.3. The first-order chi connectivity index (χ1) is 12.1. The van der Waals surface area contributed by atoms with E-state index in [9.17, 15) is 9.59 Å². The van der Waals surface area contributed by atoms with E-state index in [-0.39, 0.29) is 17.9 Å². The van der Waals surface area contributed by atoms with E-state index >= 15 is 0 Å². The lowest BCUT2D eigenvalue weighted by atomic mass is 10.1. The van der Waals surface area contributed by atoms with Gasteiger partial charge in [0.1, 0.15) is 0 Å². The zero-order valence-electron chi connectivity index (χ0n) is 15.3. The molecule has 0 saturated carbocycles. The van der Waals surface area contributed by atoms with Crippen LogP contribution >= 0.6 is 0 Å². The van der Waals surface area contributed by atoms with Crippen molar-refractivity contribution in [1.82, 2.24) is 10.2 Å². The van der Waals surface area contributed by atoms with Crippen LogP contribution < -0.4 is 14.8 Å². The molecule has 1 aliphatic rings. The minimum Gasteiger partial charge on any atom is -0.493 e. The summed E-state index contributed by atoms with van der Waals surface area (Å²) >= 11 is 0. The second-order valence-electron chi connectivity index (χ2n) is 6.10. The maximum Gasteiger partial charge on any atom is 0.251 e. The lowest BCUT2D eigenvalue weighted by Gasteiger charge is -2.26. The Morgan fingerprint density at radius 2 is 2.12 bits per heavy atom. The molecule has 0 radical (unpaired) electrons. The maximum atomic E-state index is 12.3. The van der Waals surface area contributed by atoms with Gasteiger partial charge in [0.15, 0.2) is 11.5 Å². The molecule has 1 saturated heterocycles. The monoisotopic (exact) mass is 348 g/mol. The number of rotatable bonds is 9. The summed E-state index contributed by atoms with van der Waals surface area (Å²) in [7, 11) is 1.55. The third kappa shape index (κ3) is 4.87. The largest absolute Gasteiger partial charge is 0.493 e. The Labute approximate surface area is 149 Å². The van der Waals surface area contributed by atoms with Crippen LogP contribution in [0.25, 0.3) is 0 Å². The van der Waals surface area contributed by atoms with E-state index in [0.29, 0.717) is 36.6 Å². The normalized spacial score (nSPS) is 15.2. The molecule has 1 aromatic rings. The molecule has 1 aliphatic heterocycles. The quantitative estimate of drug-likeness (QED) is 0.745. The van der Waals surface area contributed by atoms with Gasteiger partial charge in [-0.25, -0.2) is 0 Å². The highest BCUT2D eigenvalue weighted by Crippen LogP contribution is 2.28. The standard InChI is InChI=1S/C19H28N2O4/c1-4-15(21-12-6-7-18(21)22)10-11-20-19(23)14-8-9-16(25-5-2)17(13-14)24-3/h8-9,13,15H,4-7,10-12H2,1-3H3,(H,20,23)/t15-/m1/s1. The molecule has 0 spiro atoms. The SMILES string of the molecule is CCOc1ccc(C(=O)NCC[C@@H](CC)N2CCCC2=O)cc1OC. The molecule has 1 aromatic carbocycles. The van der Waals surface area contributed by atoms with Crippen LogP contribution in [-0.4, -0.2) is 49.6 Å². The molecule has 25 heavy (non-hydrogen) atoms. The van der Waals surface area contributed by atoms with Crippen LogP contribution in [0.1, 0.15) is 49.9 Å². The fourth-order valence-electron chi connectivity index (χ4n) is 3.17. The van der Waals surface area contributed by atoms with Crippen molar-refractivity contribution in [2.24, 2.45) is 0 Å². The number of nitrogens with zero attached hydrogens (tertiary/aromatic N) is 1. The molecule has 6 nitrogen and oxygen atoms in total. The number of amides is 2. The van der Waals surface area contributed by atoms with Crippen molar-refractivity contribution in [2.75, 3.05) is 26.8 Å². The van der Waals surface area contributed by atoms with Gasteiger partial charge in [0.05, 0.1) is 13.7 Å². The Kier molecular flexibility index (Phi) is 7.10. The molecule has 1 fully saturated rings. The van der Waals surface area contributed by atoms with Gasteiger partial charge in [0.2, 0.25) is 5.91 Å². The summed E-state index contributed by atoms with van der Waals surface area (Å²) in [6.45, 7) is 5.89. The van der Waals surface area contributed by atoms with E-state index in [1.807, 2.05) is 11.8 Å². The van der Waals surface area contributed by atoms with Crippen LogP contribution in [0.15, 0.2) is 18.2 Å². The number of likely N-dealkylation sites (tertiary alicyclic amines) is 1. The van der Waals surface area contributed by atoms with Gasteiger partial charge >= 0.3 is 0 Å². The summed E-state index contributed by atoms with van der Waals surface area (Å²) in [5, 5.41) is 2.93. The molecule has 0 bridgehead atoms. The van der Waals surface area contributed by atoms with Crippen molar-refractivity contribution >= 4 is 11.8 Å². The number of nitrogens with one attached hydrogen (secondary N) is 1. The van der Waals surface area contributed by atoms with Crippen molar-refractivity contribution in [1.29, 1.82) is 0 Å². The molecule has 1 N–H and O–H groups in total. The summed E-state index contributed by atoms with van der Waals surface area (Å²) in [5.41, 5.74) is 0.533. The molecule has 1 heterocycles. The number of methoxy groups -OCH3 is 1. The summed E-state index contributed by atoms with van der Waals surface area (Å²) < 4.78 is 10.7. The van der Waals surface area contributed by atoms with E-state index in [4.69, 9.17) is 9.47 Å². The topological polar surface area (TPSA) is 67.9 Å². The van der Waals surface area contributed by atoms with Crippen molar-refractivity contribution in [3.05, 3.63) is 23.8 Å². The molecule has 6 heteroatoms. The van der Waals surface area contributed by atoms with E-state index in [1.54, 1.807) is 25.3 Å². The first kappa shape index (κ1) is 19.1. The van der Waals surface area contributed by atoms with E-state index in [1.165, 1.54) is 0 Å². The van der Waals surface area contributed by atoms with Gasteiger partial charge in [-0.15, -0.1) is 0 Å². The van der Waals surface area contributed by atoms with E-state index in [2.05, 4.69) is 12.2 Å². The summed E-state index contributed by atoms with van der Waals surface area (Å²) in [6, 6.07) is 5.35. The average molecular weight is 348 g/mol. The fraction of sp³-hybridized carbons (Fsp3) is 0.579. The van der Waals surface area contributed by atoms with Gasteiger partial charge in [-0.2, -0.15) is 0 Å². The first-order valence-electron chi connectivity index (χ1n) is 8.99. The number of carbonyl (C=O) groups is 2. The van der Waals surface area contributed by atoms with Crippen LogP contribution in [0.5, 0.6) is 11.5 Å². The lowest BCUT2D eigenvalue weighted by Crippen LogP contribution is -2.38. The predicted octanol–water partition coefficient (Wildman–Crippen LogP) is 2.61. The second-order valence-corrected chi connectivity index (χ2v) is 6.10. The zero-order chi connectivity index (χ0) is 18.2. The molecule has 1 atom stereocenters. The average Bonchev–Trinajstić information content (AvgIpc) is 3.05. The highest BCUT2D eigenvalue weighted by Gasteiger charge is 2.26. The second kappa shape index (κ2) is 9.30. The van der Waals surface area contributed by atoms with Gasteiger partial charge in [-0.05, 0) is 44.4 Å². The van der Waals surface area contributed by atoms with E-state index < -0.39 is 0 Å². The third-order valence-electron chi connectivity index (χ3n) is 4.51. The molecule has 2 amide bonds. The van der Waals surface area contributed by atoms with Crippen LogP contribution in [0.2, 0.25) is 0 Å². The third-order valence-corrected chi connectivity index (χ3v) is 4.51. The maximum absolute atomic E-state index is 12.3. The summed E-state index contributed by atoms with van der Waals surface area (Å²) in [6.07, 6.45) is 3.25. The molecular formula is C19H28N2O4. The minimum atomic E-state index is -0.149. The van der Waals surface area contributed by atoms with Gasteiger partial charge < -0.3 is 19.7 Å². The van der Waals surface area contributed by atoms with Crippen molar-refractivity contribution < 1.29 is 19.1 Å². The van der Waals surface area contributed by atoms with Crippen LogP contribution in [0, 0.1) is 0 Å². The Morgan fingerprint density at radius 3 is 2.72 bits per heavy atom. The summed E-state index contributed by atoms with van der Waals surface area (Å²) in [4.78, 5) is 26.2. The number of carbonyl (C=O) groups excluding carboxylic acids is 2. The van der Waals surface area contributed by atoms with Gasteiger partial charge in [-0.3, -0.25) is 9.59 Å². The number of benzene rings is 1. The lowest BCUT2D eigenvalue weighted by molar-refractivity contribution is -0.129. The number of hydrogen-bond donors (Lipinski definition) is 1. The fourth-order valence-corrected chi connectivity index (χ4v) is 3.17. The minimum absolute atomic E-state index is 0.149. The molecule has 0 aromatic heterocycles. The summed E-state index contributed by atoms with van der Waals surface area (Å²) in [5.74, 6) is 1.25. The molecule has 2 rings (SSSR count). The first-order valence-corrected chi connectivity index (χ1v) is 8.99. The van der Waals surface area contributed by atoms with Crippen LogP contribution in [0.3, 0.4) is 0 Å². The number of hydrogen-bond acceptors (Lipinski definition) is 4. The van der Waals surface area contributed by atoms with Crippen LogP contribution in [0.4, 0.5) is 0 Å². The van der Waals surface area contributed by atoms with Crippen LogP contribution in [-0.2, 0) is 4.79 Å². The Morgan fingerprint density at radius 1 is 1.32 bits per heavy atom. The molecule has 0 aliphatic carbocycles. The number of ether oxygens (including phenoxy) is 2. The van der Waals surface area contributed by atoms with Crippen molar-refractivity contribution in [2.45, 2.75) is 45.6 Å². The predicted molar refractivity (Wildman–Crippen MR) is 96.1 cm³/mol. The van der Waals surface area contributed by atoms with Gasteiger partial charge in [0, 0.05) is 31.1 Å². The van der Waals surface area contributed by atoms with Gasteiger partial charge in [-0.1, -0.05) is 6.92 Å². The van der Waals surface area contributed by atoms with Crippen molar-refractivity contribution in [3.8, 4) is 11.5 Å². The highest BCUT2D eigenvalue weighted by atomic mass is 16.5. The Hall–Kier alpha value is -2.24. The molecule has 138 valence electrons. The molecule has 0 unspecified atom stereocenters. The van der Waals surface area contributed by atoms with Crippen molar-refractivity contribution in [3.63, 3.8) is 0 Å². The van der Waals surface area contributed by atoms with Gasteiger partial charge in [0.25, 0.3) is 5.91 Å². The Balaban J connectivity index is 1.90.